The molecule has 0 spiro atoms. The number of thiophene rings is 1. The Labute approximate surface area is 104 Å². The van der Waals surface area contributed by atoms with Crippen LogP contribution in [0.3, 0.4) is 0 Å². The Morgan fingerprint density at radius 2 is 2.24 bits per heavy atom. The van der Waals surface area contributed by atoms with Crippen molar-refractivity contribution in [2.24, 2.45) is 0 Å². The van der Waals surface area contributed by atoms with E-state index in [2.05, 4.69) is 18.3 Å². The monoisotopic (exact) mass is 247 g/mol. The molecule has 1 N–H and O–H groups in total. The van der Waals surface area contributed by atoms with Crippen LogP contribution in [0.2, 0.25) is 0 Å². The summed E-state index contributed by atoms with van der Waals surface area (Å²) in [5.41, 5.74) is 2.35. The van der Waals surface area contributed by atoms with Crippen molar-refractivity contribution >= 4 is 11.3 Å². The molecule has 1 aliphatic rings. The Morgan fingerprint density at radius 1 is 1.35 bits per heavy atom. The van der Waals surface area contributed by atoms with Gasteiger partial charge in [-0.25, -0.2) is 4.39 Å². The molecule has 0 saturated heterocycles. The fourth-order valence-electron chi connectivity index (χ4n) is 2.30. The topological polar surface area (TPSA) is 12.0 Å². The first-order chi connectivity index (χ1) is 8.24. The zero-order valence-corrected chi connectivity index (χ0v) is 10.5. The molecular formula is C14H14FNS. The van der Waals surface area contributed by atoms with Crippen LogP contribution in [0.5, 0.6) is 0 Å². The maximum absolute atomic E-state index is 13.2. The zero-order valence-electron chi connectivity index (χ0n) is 9.66. The van der Waals surface area contributed by atoms with Crippen molar-refractivity contribution < 1.29 is 4.39 Å². The largest absolute Gasteiger partial charge is 0.312 e. The van der Waals surface area contributed by atoms with E-state index in [1.54, 1.807) is 23.5 Å². The molecule has 1 aliphatic heterocycles. The highest BCUT2D eigenvalue weighted by Gasteiger charge is 2.19. The van der Waals surface area contributed by atoms with Gasteiger partial charge in [0.05, 0.1) is 0 Å². The third kappa shape index (κ3) is 2.01. The Morgan fingerprint density at radius 3 is 3.00 bits per heavy atom. The summed E-state index contributed by atoms with van der Waals surface area (Å²) in [6.07, 6.45) is 0. The van der Waals surface area contributed by atoms with Crippen LogP contribution >= 0.6 is 11.3 Å². The number of fused-ring (bicyclic) bond motifs is 1. The molecule has 1 atom stereocenters. The molecule has 0 saturated carbocycles. The molecule has 2 aromatic rings. The van der Waals surface area contributed by atoms with Crippen LogP contribution in [0.15, 0.2) is 30.3 Å². The summed E-state index contributed by atoms with van der Waals surface area (Å²) in [5, 5.41) is 3.40. The minimum atomic E-state index is -0.167. The van der Waals surface area contributed by atoms with E-state index in [9.17, 15) is 4.39 Å². The van der Waals surface area contributed by atoms with Gasteiger partial charge in [-0.2, -0.15) is 0 Å². The van der Waals surface area contributed by atoms with Gasteiger partial charge in [0.15, 0.2) is 0 Å². The molecule has 1 unspecified atom stereocenters. The molecule has 0 bridgehead atoms. The number of rotatable bonds is 1. The summed E-state index contributed by atoms with van der Waals surface area (Å²) >= 11 is 1.80. The average Bonchev–Trinajstić information content (AvgIpc) is 2.74. The van der Waals surface area contributed by atoms with Gasteiger partial charge < -0.3 is 5.32 Å². The highest BCUT2D eigenvalue weighted by Crippen LogP contribution is 2.37. The summed E-state index contributed by atoms with van der Waals surface area (Å²) in [5.74, 6) is 0.395. The Bertz CT molecular complexity index is 547. The summed E-state index contributed by atoms with van der Waals surface area (Å²) in [6, 6.07) is 9.03. The molecule has 88 valence electrons. The van der Waals surface area contributed by atoms with E-state index in [-0.39, 0.29) is 5.82 Å². The summed E-state index contributed by atoms with van der Waals surface area (Å²) in [4.78, 5) is 2.62. The van der Waals surface area contributed by atoms with Crippen molar-refractivity contribution in [1.82, 2.24) is 5.32 Å². The summed E-state index contributed by atoms with van der Waals surface area (Å²) < 4.78 is 13.2. The molecule has 1 nitrogen and oxygen atoms in total. The van der Waals surface area contributed by atoms with Crippen LogP contribution in [0.25, 0.3) is 10.4 Å². The fourth-order valence-corrected chi connectivity index (χ4v) is 3.53. The number of hydrogen-bond acceptors (Lipinski definition) is 2. The molecule has 17 heavy (non-hydrogen) atoms. The lowest BCUT2D eigenvalue weighted by Crippen LogP contribution is -2.24. The standard InChI is InChI=1S/C14H14FNS/c1-9-7-16-8-11-6-13(17-14(9)11)10-3-2-4-12(15)5-10/h2-6,9,16H,7-8H2,1H3. The second-order valence-electron chi connectivity index (χ2n) is 4.54. The predicted octanol–water partition coefficient (Wildman–Crippen LogP) is 3.76. The highest BCUT2D eigenvalue weighted by atomic mass is 32.1. The SMILES string of the molecule is CC1CNCc2cc(-c3cccc(F)c3)sc21. The molecule has 0 aliphatic carbocycles. The fraction of sp³-hybridized carbons (Fsp3) is 0.286. The van der Waals surface area contributed by atoms with Gasteiger partial charge in [-0.05, 0) is 29.3 Å². The maximum atomic E-state index is 13.2. The van der Waals surface area contributed by atoms with Crippen molar-refractivity contribution in [2.45, 2.75) is 19.4 Å². The Kier molecular flexibility index (Phi) is 2.73. The Balaban J connectivity index is 2.05. The third-order valence-electron chi connectivity index (χ3n) is 3.16. The number of benzene rings is 1. The zero-order chi connectivity index (χ0) is 11.8. The van der Waals surface area contributed by atoms with Crippen molar-refractivity contribution in [1.29, 1.82) is 0 Å². The first-order valence-electron chi connectivity index (χ1n) is 5.83. The van der Waals surface area contributed by atoms with Crippen LogP contribution in [0, 0.1) is 5.82 Å². The van der Waals surface area contributed by atoms with E-state index in [1.807, 2.05) is 6.07 Å². The van der Waals surface area contributed by atoms with E-state index in [4.69, 9.17) is 0 Å². The van der Waals surface area contributed by atoms with E-state index in [1.165, 1.54) is 21.4 Å². The van der Waals surface area contributed by atoms with Crippen molar-refractivity contribution in [3.63, 3.8) is 0 Å². The van der Waals surface area contributed by atoms with Gasteiger partial charge in [0.2, 0.25) is 0 Å². The normalized spacial score (nSPS) is 19.1. The summed E-state index contributed by atoms with van der Waals surface area (Å²) in [6.45, 7) is 4.21. The molecule has 1 aromatic carbocycles. The Hall–Kier alpha value is -1.19. The number of nitrogens with one attached hydrogen (secondary N) is 1. The minimum absolute atomic E-state index is 0.167. The van der Waals surface area contributed by atoms with Crippen LogP contribution in [0.1, 0.15) is 23.3 Å². The second kappa shape index (κ2) is 4.24. The smallest absolute Gasteiger partial charge is 0.123 e. The van der Waals surface area contributed by atoms with Gasteiger partial charge in [-0.3, -0.25) is 0 Å². The molecule has 2 heterocycles. The van der Waals surface area contributed by atoms with Gasteiger partial charge in [-0.15, -0.1) is 11.3 Å². The van der Waals surface area contributed by atoms with Gasteiger partial charge in [-0.1, -0.05) is 19.1 Å². The molecule has 0 radical (unpaired) electrons. The van der Waals surface area contributed by atoms with E-state index in [0.717, 1.165) is 18.7 Å². The average molecular weight is 247 g/mol. The van der Waals surface area contributed by atoms with Gasteiger partial charge >= 0.3 is 0 Å². The van der Waals surface area contributed by atoms with Crippen LogP contribution in [-0.2, 0) is 6.54 Å². The molecule has 1 aromatic heterocycles. The molecule has 0 amide bonds. The van der Waals surface area contributed by atoms with Crippen molar-refractivity contribution in [2.75, 3.05) is 6.54 Å². The number of halogens is 1. The first kappa shape index (κ1) is 10.9. The van der Waals surface area contributed by atoms with Crippen LogP contribution in [-0.4, -0.2) is 6.54 Å². The molecule has 3 rings (SSSR count). The lowest BCUT2D eigenvalue weighted by atomic mass is 10.0. The summed E-state index contributed by atoms with van der Waals surface area (Å²) in [7, 11) is 0. The third-order valence-corrected chi connectivity index (χ3v) is 4.62. The van der Waals surface area contributed by atoms with Crippen molar-refractivity contribution in [3.8, 4) is 10.4 Å². The molecule has 3 heteroatoms. The minimum Gasteiger partial charge on any atom is -0.312 e. The first-order valence-corrected chi connectivity index (χ1v) is 6.65. The quantitative estimate of drug-likeness (QED) is 0.809. The van der Waals surface area contributed by atoms with Crippen molar-refractivity contribution in [3.05, 3.63) is 46.6 Å². The molecular weight excluding hydrogens is 233 g/mol. The van der Waals surface area contributed by atoms with E-state index in [0.29, 0.717) is 5.92 Å². The van der Waals surface area contributed by atoms with Gasteiger partial charge in [0, 0.05) is 28.8 Å². The molecule has 0 fully saturated rings. The lowest BCUT2D eigenvalue weighted by Gasteiger charge is -2.18. The number of hydrogen-bond donors (Lipinski definition) is 1. The highest BCUT2D eigenvalue weighted by molar-refractivity contribution is 7.15. The van der Waals surface area contributed by atoms with Crippen LogP contribution < -0.4 is 5.32 Å². The van der Waals surface area contributed by atoms with E-state index < -0.39 is 0 Å². The maximum Gasteiger partial charge on any atom is 0.123 e. The lowest BCUT2D eigenvalue weighted by molar-refractivity contribution is 0.581. The van der Waals surface area contributed by atoms with Crippen LogP contribution in [0.4, 0.5) is 4.39 Å². The van der Waals surface area contributed by atoms with E-state index >= 15 is 0 Å². The second-order valence-corrected chi connectivity index (χ2v) is 5.63. The van der Waals surface area contributed by atoms with Gasteiger partial charge in [0.1, 0.15) is 5.82 Å². The van der Waals surface area contributed by atoms with Gasteiger partial charge in [0.25, 0.3) is 0 Å². The predicted molar refractivity (Wildman–Crippen MR) is 69.8 cm³/mol.